The van der Waals surface area contributed by atoms with E-state index in [1.165, 1.54) is 12.2 Å². The third kappa shape index (κ3) is 4.54. The molecule has 0 saturated carbocycles. The lowest BCUT2D eigenvalue weighted by atomic mass is 9.91. The van der Waals surface area contributed by atoms with Crippen LogP contribution in [0.25, 0.3) is 0 Å². The molecule has 0 radical (unpaired) electrons. The van der Waals surface area contributed by atoms with Gasteiger partial charge in [0.2, 0.25) is 7.37 Å². The van der Waals surface area contributed by atoms with E-state index in [9.17, 15) is 14.6 Å². The van der Waals surface area contributed by atoms with Crippen LogP contribution in [0.2, 0.25) is 0 Å². The molecule has 0 amide bonds. The van der Waals surface area contributed by atoms with Crippen LogP contribution in [0.15, 0.2) is 30.3 Å². The topological polar surface area (TPSA) is 57.5 Å². The zero-order valence-corrected chi connectivity index (χ0v) is 16.9. The average Bonchev–Trinajstić information content (AvgIpc) is 2.50. The first-order valence-electron chi connectivity index (χ1n) is 8.72. The van der Waals surface area contributed by atoms with Gasteiger partial charge in [-0.3, -0.25) is 4.57 Å². The summed E-state index contributed by atoms with van der Waals surface area (Å²) in [7, 11) is -3.15. The highest BCUT2D eigenvalue weighted by molar-refractivity contribution is 7.57. The molecule has 136 valence electrons. The van der Waals surface area contributed by atoms with Gasteiger partial charge in [0, 0.05) is 6.66 Å². The number of benzene rings is 2. The Morgan fingerprint density at radius 3 is 2.08 bits per heavy atom. The molecule has 2 rings (SSSR count). The van der Waals surface area contributed by atoms with Crippen LogP contribution in [0.4, 0.5) is 0 Å². The lowest BCUT2D eigenvalue weighted by Crippen LogP contribution is -2.02. The van der Waals surface area contributed by atoms with Gasteiger partial charge in [0.25, 0.3) is 0 Å². The van der Waals surface area contributed by atoms with Crippen LogP contribution in [0.1, 0.15) is 65.7 Å². The molecule has 0 aromatic heterocycles. The maximum Gasteiger partial charge on any atom is 0.204 e. The molecular weight excluding hydrogens is 331 g/mol. The Morgan fingerprint density at radius 2 is 1.60 bits per heavy atom. The zero-order chi connectivity index (χ0) is 18.9. The smallest absolute Gasteiger partial charge is 0.204 e. The molecule has 0 aliphatic carbocycles. The molecule has 2 aromatic rings. The van der Waals surface area contributed by atoms with E-state index in [1.54, 1.807) is 6.07 Å². The largest absolute Gasteiger partial charge is 0.508 e. The number of phenols is 1. The molecule has 3 nitrogen and oxygen atoms in total. The highest BCUT2D eigenvalue weighted by Crippen LogP contribution is 2.52. The van der Waals surface area contributed by atoms with E-state index in [1.807, 2.05) is 25.1 Å². The Balaban J connectivity index is 2.39. The first kappa shape index (κ1) is 19.8. The van der Waals surface area contributed by atoms with Crippen LogP contribution >= 0.6 is 7.37 Å². The van der Waals surface area contributed by atoms with Crippen molar-refractivity contribution in [3.05, 3.63) is 63.7 Å². The molecule has 0 aliphatic rings. The molecule has 2 aromatic carbocycles. The lowest BCUT2D eigenvalue weighted by Gasteiger charge is -2.19. The number of rotatable bonds is 5. The van der Waals surface area contributed by atoms with Crippen molar-refractivity contribution in [2.45, 2.75) is 52.6 Å². The molecule has 2 N–H and O–H groups in total. The molecule has 0 heterocycles. The van der Waals surface area contributed by atoms with Crippen LogP contribution < -0.4 is 0 Å². The third-order valence-corrected chi connectivity index (χ3v) is 6.75. The van der Waals surface area contributed by atoms with Gasteiger partial charge in [-0.05, 0) is 72.6 Å². The summed E-state index contributed by atoms with van der Waals surface area (Å²) in [6, 6.07) is 9.87. The Hall–Kier alpha value is -1.57. The standard InChI is InChI=1S/C21H29O3P/c1-13(2)19-11-17(7-8-21(19)22)12-20-14(3)9-18(10-15(20)4)16(5)25(6,23)24/h7-11,13,16,22H,12H2,1-6H3,(H,23,24). The van der Waals surface area contributed by atoms with Crippen LogP contribution in [0.5, 0.6) is 5.75 Å². The maximum atomic E-state index is 12.0. The van der Waals surface area contributed by atoms with E-state index in [0.717, 1.165) is 34.2 Å². The fraction of sp³-hybridized carbons (Fsp3) is 0.429. The van der Waals surface area contributed by atoms with Crippen LogP contribution in [0, 0.1) is 13.8 Å². The molecule has 0 saturated heterocycles. The lowest BCUT2D eigenvalue weighted by molar-refractivity contribution is 0.464. The van der Waals surface area contributed by atoms with E-state index >= 15 is 0 Å². The summed E-state index contributed by atoms with van der Waals surface area (Å²) in [5.74, 6) is 0.617. The molecule has 0 aliphatic heterocycles. The first-order chi connectivity index (χ1) is 11.5. The normalized spacial score (nSPS) is 15.2. The van der Waals surface area contributed by atoms with Crippen molar-refractivity contribution in [1.82, 2.24) is 0 Å². The van der Waals surface area contributed by atoms with Gasteiger partial charge >= 0.3 is 0 Å². The third-order valence-electron chi connectivity index (χ3n) is 5.01. The van der Waals surface area contributed by atoms with Gasteiger partial charge in [0.15, 0.2) is 0 Å². The van der Waals surface area contributed by atoms with E-state index in [4.69, 9.17) is 0 Å². The minimum Gasteiger partial charge on any atom is -0.508 e. The van der Waals surface area contributed by atoms with Gasteiger partial charge in [-0.2, -0.15) is 0 Å². The van der Waals surface area contributed by atoms with Crippen LogP contribution in [-0.2, 0) is 11.0 Å². The van der Waals surface area contributed by atoms with Crippen molar-refractivity contribution < 1.29 is 14.6 Å². The molecule has 25 heavy (non-hydrogen) atoms. The SMILES string of the molecule is Cc1cc(C(C)P(C)(=O)O)cc(C)c1Cc1ccc(O)c(C(C)C)c1. The highest BCUT2D eigenvalue weighted by Gasteiger charge is 2.23. The molecule has 0 spiro atoms. The van der Waals surface area contributed by atoms with E-state index < -0.39 is 7.37 Å². The fourth-order valence-corrected chi connectivity index (χ4v) is 3.91. The number of hydrogen-bond donors (Lipinski definition) is 2. The second-order valence-corrected chi connectivity index (χ2v) is 10.1. The maximum absolute atomic E-state index is 12.0. The Labute approximate surface area is 151 Å². The van der Waals surface area contributed by atoms with Gasteiger partial charge in [0.1, 0.15) is 5.75 Å². The van der Waals surface area contributed by atoms with Crippen molar-refractivity contribution in [3.63, 3.8) is 0 Å². The van der Waals surface area contributed by atoms with Crippen molar-refractivity contribution >= 4 is 7.37 Å². The van der Waals surface area contributed by atoms with Gasteiger partial charge in [-0.1, -0.05) is 38.1 Å². The Kier molecular flexibility index (Phi) is 5.81. The number of phenolic OH excluding ortho intramolecular Hbond substituents is 1. The first-order valence-corrected chi connectivity index (χ1v) is 10.9. The van der Waals surface area contributed by atoms with Gasteiger partial charge in [-0.15, -0.1) is 0 Å². The van der Waals surface area contributed by atoms with Crippen LogP contribution in [0.3, 0.4) is 0 Å². The molecular formula is C21H29O3P. The summed E-state index contributed by atoms with van der Waals surface area (Å²) in [5, 5.41) is 10.0. The highest BCUT2D eigenvalue weighted by atomic mass is 31.2. The minimum absolute atomic E-state index is 0.272. The van der Waals surface area contributed by atoms with Crippen molar-refractivity contribution in [2.75, 3.05) is 6.66 Å². The summed E-state index contributed by atoms with van der Waals surface area (Å²) in [4.78, 5) is 9.87. The van der Waals surface area contributed by atoms with Crippen molar-refractivity contribution in [1.29, 1.82) is 0 Å². The van der Waals surface area contributed by atoms with Gasteiger partial charge in [0.05, 0.1) is 5.66 Å². The fourth-order valence-electron chi connectivity index (χ4n) is 3.20. The van der Waals surface area contributed by atoms with E-state index in [0.29, 0.717) is 5.75 Å². The van der Waals surface area contributed by atoms with E-state index in [2.05, 4.69) is 33.8 Å². The zero-order valence-electron chi connectivity index (χ0n) is 16.0. The molecule has 4 heteroatoms. The number of aryl methyl sites for hydroxylation is 2. The van der Waals surface area contributed by atoms with Crippen LogP contribution in [-0.4, -0.2) is 16.7 Å². The average molecular weight is 360 g/mol. The van der Waals surface area contributed by atoms with Crippen molar-refractivity contribution in [3.8, 4) is 5.75 Å². The summed E-state index contributed by atoms with van der Waals surface area (Å²) in [6.45, 7) is 11.5. The Bertz CT molecular complexity index is 795. The van der Waals surface area contributed by atoms with Gasteiger partial charge in [-0.25, -0.2) is 0 Å². The van der Waals surface area contributed by atoms with Gasteiger partial charge < -0.3 is 10.00 Å². The molecule has 0 fully saturated rings. The molecule has 0 bridgehead atoms. The van der Waals surface area contributed by atoms with E-state index in [-0.39, 0.29) is 11.6 Å². The molecule has 2 atom stereocenters. The summed E-state index contributed by atoms with van der Waals surface area (Å²) in [6.07, 6.45) is 0.787. The summed E-state index contributed by atoms with van der Waals surface area (Å²) >= 11 is 0. The predicted octanol–water partition coefficient (Wildman–Crippen LogP) is 5.68. The Morgan fingerprint density at radius 1 is 1.04 bits per heavy atom. The summed E-state index contributed by atoms with van der Waals surface area (Å²) < 4.78 is 12.0. The number of aromatic hydroxyl groups is 1. The number of hydrogen-bond acceptors (Lipinski definition) is 2. The quantitative estimate of drug-likeness (QED) is 0.674. The monoisotopic (exact) mass is 360 g/mol. The second-order valence-electron chi connectivity index (χ2n) is 7.48. The second kappa shape index (κ2) is 7.35. The minimum atomic E-state index is -3.15. The van der Waals surface area contributed by atoms with Crippen molar-refractivity contribution in [2.24, 2.45) is 0 Å². The predicted molar refractivity (Wildman–Crippen MR) is 105 cm³/mol. The molecule has 2 unspecified atom stereocenters. The summed E-state index contributed by atoms with van der Waals surface area (Å²) in [5.41, 5.74) is 6.19.